The fraction of sp³-hybridized carbons (Fsp3) is 0.188. The molecule has 20 heavy (non-hydrogen) atoms. The van der Waals surface area contributed by atoms with Gasteiger partial charge >= 0.3 is 0 Å². The van der Waals surface area contributed by atoms with Crippen LogP contribution in [-0.4, -0.2) is 16.6 Å². The van der Waals surface area contributed by atoms with E-state index in [2.05, 4.69) is 6.92 Å². The van der Waals surface area contributed by atoms with Gasteiger partial charge in [0.15, 0.2) is 5.78 Å². The van der Waals surface area contributed by atoms with Gasteiger partial charge in [0, 0.05) is 10.5 Å². The van der Waals surface area contributed by atoms with Crippen LogP contribution in [0.2, 0.25) is 0 Å². The SMILES string of the molecule is CCSc1ccc(C(O)C(=O)c2ccc(F)cc2)cc1. The number of Topliss-reactive ketones (excluding diaryl/α,β-unsaturated/α-hetero) is 1. The minimum Gasteiger partial charge on any atom is -0.380 e. The van der Waals surface area contributed by atoms with E-state index in [1.165, 1.54) is 24.3 Å². The molecule has 4 heteroatoms. The summed E-state index contributed by atoms with van der Waals surface area (Å²) < 4.78 is 12.8. The zero-order valence-electron chi connectivity index (χ0n) is 11.0. The van der Waals surface area contributed by atoms with Crippen molar-refractivity contribution in [3.05, 3.63) is 65.5 Å². The van der Waals surface area contributed by atoms with E-state index in [-0.39, 0.29) is 0 Å². The minimum absolute atomic E-state index is 0.297. The fourth-order valence-electron chi connectivity index (χ4n) is 1.84. The van der Waals surface area contributed by atoms with Gasteiger partial charge in [0.2, 0.25) is 0 Å². The van der Waals surface area contributed by atoms with Gasteiger partial charge in [-0.2, -0.15) is 0 Å². The Kier molecular flexibility index (Phi) is 4.93. The summed E-state index contributed by atoms with van der Waals surface area (Å²) in [5, 5.41) is 10.1. The maximum atomic E-state index is 12.8. The second kappa shape index (κ2) is 6.68. The number of halogens is 1. The summed E-state index contributed by atoms with van der Waals surface area (Å²) in [6.07, 6.45) is -1.22. The molecule has 0 saturated heterocycles. The van der Waals surface area contributed by atoms with Crippen LogP contribution in [-0.2, 0) is 0 Å². The molecule has 0 aromatic heterocycles. The number of hydrogen-bond acceptors (Lipinski definition) is 3. The van der Waals surface area contributed by atoms with E-state index in [9.17, 15) is 14.3 Å². The average molecular weight is 290 g/mol. The van der Waals surface area contributed by atoms with Crippen molar-refractivity contribution >= 4 is 17.5 Å². The van der Waals surface area contributed by atoms with Crippen molar-refractivity contribution in [1.29, 1.82) is 0 Å². The normalized spacial score (nSPS) is 12.2. The quantitative estimate of drug-likeness (QED) is 0.671. The molecular formula is C16H15FO2S. The van der Waals surface area contributed by atoms with Gasteiger partial charge in [0.25, 0.3) is 0 Å². The highest BCUT2D eigenvalue weighted by Gasteiger charge is 2.19. The van der Waals surface area contributed by atoms with E-state index in [0.29, 0.717) is 11.1 Å². The standard InChI is InChI=1S/C16H15FO2S/c1-2-20-14-9-5-12(6-10-14)16(19)15(18)11-3-7-13(17)8-4-11/h3-10,16,19H,2H2,1H3. The van der Waals surface area contributed by atoms with Crippen molar-refractivity contribution < 1.29 is 14.3 Å². The van der Waals surface area contributed by atoms with Gasteiger partial charge in [-0.3, -0.25) is 4.79 Å². The third-order valence-corrected chi connectivity index (χ3v) is 3.78. The lowest BCUT2D eigenvalue weighted by molar-refractivity contribution is 0.0747. The van der Waals surface area contributed by atoms with Gasteiger partial charge in [0.1, 0.15) is 11.9 Å². The molecule has 1 atom stereocenters. The average Bonchev–Trinajstić information content (AvgIpc) is 2.48. The summed E-state index contributed by atoms with van der Waals surface area (Å²) in [5.74, 6) is 0.133. The number of hydrogen-bond donors (Lipinski definition) is 1. The smallest absolute Gasteiger partial charge is 0.195 e. The van der Waals surface area contributed by atoms with Gasteiger partial charge in [-0.15, -0.1) is 11.8 Å². The number of thioether (sulfide) groups is 1. The Hall–Kier alpha value is -1.65. The van der Waals surface area contributed by atoms with E-state index < -0.39 is 17.7 Å². The first-order valence-corrected chi connectivity index (χ1v) is 7.31. The van der Waals surface area contributed by atoms with Crippen LogP contribution in [0.3, 0.4) is 0 Å². The maximum absolute atomic E-state index is 12.8. The Morgan fingerprint density at radius 2 is 1.75 bits per heavy atom. The molecule has 2 aromatic rings. The first-order chi connectivity index (χ1) is 9.61. The number of ketones is 1. The Balaban J connectivity index is 2.15. The second-order valence-electron chi connectivity index (χ2n) is 4.28. The highest BCUT2D eigenvalue weighted by atomic mass is 32.2. The molecule has 0 spiro atoms. The maximum Gasteiger partial charge on any atom is 0.195 e. The van der Waals surface area contributed by atoms with Gasteiger partial charge in [0.05, 0.1) is 0 Å². The summed E-state index contributed by atoms with van der Waals surface area (Å²) in [7, 11) is 0. The second-order valence-corrected chi connectivity index (χ2v) is 5.61. The number of benzene rings is 2. The molecule has 0 bridgehead atoms. The summed E-state index contributed by atoms with van der Waals surface area (Å²) in [6, 6.07) is 12.4. The molecule has 1 N–H and O–H groups in total. The summed E-state index contributed by atoms with van der Waals surface area (Å²) in [6.45, 7) is 2.06. The van der Waals surface area contributed by atoms with Gasteiger partial charge in [-0.25, -0.2) is 4.39 Å². The van der Waals surface area contributed by atoms with Crippen LogP contribution >= 0.6 is 11.8 Å². The van der Waals surface area contributed by atoms with Crippen LogP contribution in [0.15, 0.2) is 53.4 Å². The highest BCUT2D eigenvalue weighted by Crippen LogP contribution is 2.23. The third kappa shape index (κ3) is 3.46. The van der Waals surface area contributed by atoms with Crippen LogP contribution in [0.5, 0.6) is 0 Å². The van der Waals surface area contributed by atoms with E-state index in [1.54, 1.807) is 23.9 Å². The van der Waals surface area contributed by atoms with Crippen molar-refractivity contribution in [2.45, 2.75) is 17.9 Å². The lowest BCUT2D eigenvalue weighted by Crippen LogP contribution is -2.12. The number of carbonyl (C=O) groups is 1. The first-order valence-electron chi connectivity index (χ1n) is 6.32. The molecule has 2 aromatic carbocycles. The lowest BCUT2D eigenvalue weighted by atomic mass is 10.0. The van der Waals surface area contributed by atoms with E-state index in [0.717, 1.165) is 10.6 Å². The zero-order chi connectivity index (χ0) is 14.5. The molecule has 1 unspecified atom stereocenters. The minimum atomic E-state index is -1.22. The fourth-order valence-corrected chi connectivity index (χ4v) is 2.50. The molecule has 0 aliphatic heterocycles. The number of aliphatic hydroxyl groups excluding tert-OH is 1. The van der Waals surface area contributed by atoms with Crippen LogP contribution < -0.4 is 0 Å². The summed E-state index contributed by atoms with van der Waals surface area (Å²) in [5.41, 5.74) is 0.839. The Morgan fingerprint density at radius 3 is 2.30 bits per heavy atom. The first kappa shape index (κ1) is 14.8. The molecular weight excluding hydrogens is 275 g/mol. The molecule has 2 rings (SSSR count). The van der Waals surface area contributed by atoms with Crippen LogP contribution in [0, 0.1) is 5.82 Å². The molecule has 0 aliphatic carbocycles. The van der Waals surface area contributed by atoms with Crippen LogP contribution in [0.1, 0.15) is 28.9 Å². The van der Waals surface area contributed by atoms with Crippen molar-refractivity contribution in [3.63, 3.8) is 0 Å². The van der Waals surface area contributed by atoms with Crippen LogP contribution in [0.25, 0.3) is 0 Å². The van der Waals surface area contributed by atoms with Crippen molar-refractivity contribution in [2.75, 3.05) is 5.75 Å². The van der Waals surface area contributed by atoms with Gasteiger partial charge < -0.3 is 5.11 Å². The predicted octanol–water partition coefficient (Wildman–Crippen LogP) is 3.85. The topological polar surface area (TPSA) is 37.3 Å². The van der Waals surface area contributed by atoms with Crippen molar-refractivity contribution in [2.24, 2.45) is 0 Å². The van der Waals surface area contributed by atoms with Gasteiger partial charge in [-0.05, 0) is 47.7 Å². The van der Waals surface area contributed by atoms with Crippen molar-refractivity contribution in [1.82, 2.24) is 0 Å². The predicted molar refractivity (Wildman–Crippen MR) is 78.5 cm³/mol. The van der Waals surface area contributed by atoms with Gasteiger partial charge in [-0.1, -0.05) is 19.1 Å². The number of carbonyl (C=O) groups excluding carboxylic acids is 1. The van der Waals surface area contributed by atoms with E-state index in [4.69, 9.17) is 0 Å². The van der Waals surface area contributed by atoms with E-state index >= 15 is 0 Å². The molecule has 0 saturated carbocycles. The monoisotopic (exact) mass is 290 g/mol. The molecule has 0 amide bonds. The largest absolute Gasteiger partial charge is 0.380 e. The zero-order valence-corrected chi connectivity index (χ0v) is 11.9. The molecule has 2 nitrogen and oxygen atoms in total. The lowest BCUT2D eigenvalue weighted by Gasteiger charge is -2.10. The van der Waals surface area contributed by atoms with E-state index in [1.807, 2.05) is 12.1 Å². The molecule has 0 radical (unpaired) electrons. The van der Waals surface area contributed by atoms with Crippen molar-refractivity contribution in [3.8, 4) is 0 Å². The third-order valence-electron chi connectivity index (χ3n) is 2.88. The molecule has 0 aliphatic rings. The Labute approximate surface area is 121 Å². The Morgan fingerprint density at radius 1 is 1.15 bits per heavy atom. The summed E-state index contributed by atoms with van der Waals surface area (Å²) in [4.78, 5) is 13.2. The molecule has 104 valence electrons. The highest BCUT2D eigenvalue weighted by molar-refractivity contribution is 7.99. The summed E-state index contributed by atoms with van der Waals surface area (Å²) >= 11 is 1.69. The number of aliphatic hydroxyl groups is 1. The number of rotatable bonds is 5. The van der Waals surface area contributed by atoms with Crippen LogP contribution in [0.4, 0.5) is 4.39 Å². The molecule has 0 heterocycles. The molecule has 0 fully saturated rings. The Bertz CT molecular complexity index is 578.